The fraction of sp³-hybridized carbons (Fsp3) is 0.105. The van der Waals surface area contributed by atoms with Gasteiger partial charge in [-0.25, -0.2) is 9.38 Å². The third-order valence-corrected chi connectivity index (χ3v) is 4.40. The number of benzene rings is 2. The summed E-state index contributed by atoms with van der Waals surface area (Å²) in [5.74, 6) is -0.111. The lowest BCUT2D eigenvalue weighted by atomic mass is 10.2. The molecule has 3 rings (SSSR count). The molecule has 1 amide bonds. The number of halogens is 1. The van der Waals surface area contributed by atoms with Crippen LogP contribution in [0.1, 0.15) is 12.0 Å². The topological polar surface area (TPSA) is 56.5 Å². The van der Waals surface area contributed by atoms with Crippen molar-refractivity contribution in [2.45, 2.75) is 6.42 Å². The summed E-state index contributed by atoms with van der Waals surface area (Å²) in [6, 6.07) is 17.2. The number of amidine groups is 1. The summed E-state index contributed by atoms with van der Waals surface area (Å²) in [4.78, 5) is 18.7. The van der Waals surface area contributed by atoms with E-state index in [-0.39, 0.29) is 11.7 Å². The lowest BCUT2D eigenvalue weighted by molar-refractivity contribution is -0.113. The Bertz CT molecular complexity index is 870. The molecule has 124 valence electrons. The molecule has 0 spiro atoms. The van der Waals surface area contributed by atoms with Crippen LogP contribution in [0.2, 0.25) is 0 Å². The lowest BCUT2D eigenvalue weighted by Gasteiger charge is -2.17. The minimum absolute atomic E-state index is 0.269. The number of nitrogens with zero attached hydrogens (tertiary/aromatic N) is 3. The van der Waals surface area contributed by atoms with Crippen LogP contribution in [0.3, 0.4) is 0 Å². The van der Waals surface area contributed by atoms with E-state index in [1.165, 1.54) is 28.8 Å². The Balaban J connectivity index is 1.94. The average molecular weight is 351 g/mol. The second-order valence-electron chi connectivity index (χ2n) is 5.21. The van der Waals surface area contributed by atoms with Crippen LogP contribution in [0.15, 0.2) is 65.3 Å². The van der Waals surface area contributed by atoms with E-state index in [0.29, 0.717) is 28.7 Å². The molecule has 1 heterocycles. The average Bonchev–Trinajstić information content (AvgIpc) is 2.93. The predicted octanol–water partition coefficient (Wildman–Crippen LogP) is 4.22. The van der Waals surface area contributed by atoms with Gasteiger partial charge >= 0.3 is 0 Å². The van der Waals surface area contributed by atoms with Gasteiger partial charge in [0.15, 0.2) is 5.17 Å². The molecule has 1 aliphatic rings. The van der Waals surface area contributed by atoms with Crippen molar-refractivity contribution < 1.29 is 9.18 Å². The molecule has 0 aliphatic carbocycles. The van der Waals surface area contributed by atoms with E-state index in [1.807, 2.05) is 30.3 Å². The van der Waals surface area contributed by atoms with Crippen LogP contribution in [0.5, 0.6) is 0 Å². The Morgan fingerprint density at radius 1 is 1.16 bits per heavy atom. The summed E-state index contributed by atoms with van der Waals surface area (Å²) in [6.07, 6.45) is 2.07. The van der Waals surface area contributed by atoms with Crippen molar-refractivity contribution >= 4 is 34.6 Å². The highest BCUT2D eigenvalue weighted by Crippen LogP contribution is 2.29. The van der Waals surface area contributed by atoms with Crippen molar-refractivity contribution in [2.75, 3.05) is 10.7 Å². The van der Waals surface area contributed by atoms with Gasteiger partial charge in [0.25, 0.3) is 5.91 Å². The second-order valence-corrected chi connectivity index (χ2v) is 6.27. The molecule has 0 radical (unpaired) electrons. The largest absolute Gasteiger partial charge is 0.283 e. The SMILES string of the molecule is N#CCCSC1=N/C(=C/c2ccccc2)C(=O)N1c1ccc(F)cc1. The zero-order chi connectivity index (χ0) is 17.6. The van der Waals surface area contributed by atoms with Crippen molar-refractivity contribution in [1.82, 2.24) is 0 Å². The molecule has 0 atom stereocenters. The van der Waals surface area contributed by atoms with Gasteiger partial charge in [0.2, 0.25) is 0 Å². The summed E-state index contributed by atoms with van der Waals surface area (Å²) in [5, 5.41) is 9.21. The van der Waals surface area contributed by atoms with E-state index in [9.17, 15) is 9.18 Å². The van der Waals surface area contributed by atoms with Crippen molar-refractivity contribution in [1.29, 1.82) is 5.26 Å². The van der Waals surface area contributed by atoms with Gasteiger partial charge in [0.05, 0.1) is 11.8 Å². The van der Waals surface area contributed by atoms with Crippen LogP contribution >= 0.6 is 11.8 Å². The Kier molecular flexibility index (Phi) is 5.26. The van der Waals surface area contributed by atoms with Gasteiger partial charge in [0.1, 0.15) is 11.5 Å². The maximum absolute atomic E-state index is 13.2. The third kappa shape index (κ3) is 3.95. The van der Waals surface area contributed by atoms with E-state index in [4.69, 9.17) is 5.26 Å². The smallest absolute Gasteiger partial charge is 0.266 e. The Hall–Kier alpha value is -2.91. The molecule has 6 heteroatoms. The van der Waals surface area contributed by atoms with Gasteiger partial charge in [-0.05, 0) is 35.9 Å². The van der Waals surface area contributed by atoms with Gasteiger partial charge < -0.3 is 0 Å². The molecular formula is C19H14FN3OS. The van der Waals surface area contributed by atoms with Gasteiger partial charge in [0, 0.05) is 12.2 Å². The zero-order valence-corrected chi connectivity index (χ0v) is 14.0. The number of thioether (sulfide) groups is 1. The quantitative estimate of drug-likeness (QED) is 0.612. The highest BCUT2D eigenvalue weighted by molar-refractivity contribution is 8.14. The summed E-state index contributed by atoms with van der Waals surface area (Å²) >= 11 is 1.33. The molecule has 4 nitrogen and oxygen atoms in total. The first-order chi connectivity index (χ1) is 12.2. The monoisotopic (exact) mass is 351 g/mol. The summed E-state index contributed by atoms with van der Waals surface area (Å²) in [5.41, 5.74) is 1.73. The zero-order valence-electron chi connectivity index (χ0n) is 13.2. The number of hydrogen-bond acceptors (Lipinski definition) is 4. The van der Waals surface area contributed by atoms with E-state index in [2.05, 4.69) is 11.1 Å². The number of rotatable bonds is 4. The molecular weight excluding hydrogens is 337 g/mol. The van der Waals surface area contributed by atoms with Crippen LogP contribution < -0.4 is 4.90 Å². The van der Waals surface area contributed by atoms with Crippen LogP contribution in [0.4, 0.5) is 10.1 Å². The fourth-order valence-corrected chi connectivity index (χ4v) is 3.16. The predicted molar refractivity (Wildman–Crippen MR) is 98.4 cm³/mol. The first kappa shape index (κ1) is 16.9. The van der Waals surface area contributed by atoms with Gasteiger partial charge in [-0.3, -0.25) is 9.69 Å². The minimum Gasteiger partial charge on any atom is -0.266 e. The highest BCUT2D eigenvalue weighted by Gasteiger charge is 2.31. The molecule has 0 N–H and O–H groups in total. The number of nitriles is 1. The summed E-state index contributed by atoms with van der Waals surface area (Å²) in [7, 11) is 0. The molecule has 0 bridgehead atoms. The minimum atomic E-state index is -0.369. The van der Waals surface area contributed by atoms with Crippen LogP contribution in [0, 0.1) is 17.1 Å². The Labute approximate surface area is 149 Å². The van der Waals surface area contributed by atoms with Crippen molar-refractivity contribution in [3.05, 3.63) is 71.7 Å². The first-order valence-electron chi connectivity index (χ1n) is 7.64. The standard InChI is InChI=1S/C19H14FN3OS/c20-15-7-9-16(10-8-15)23-18(24)17(13-14-5-2-1-3-6-14)22-19(23)25-12-4-11-21/h1-3,5-10,13H,4,12H2/b17-13+. The number of anilines is 1. The number of carbonyl (C=O) groups is 1. The lowest BCUT2D eigenvalue weighted by Crippen LogP contribution is -2.30. The van der Waals surface area contributed by atoms with E-state index >= 15 is 0 Å². The van der Waals surface area contributed by atoms with Gasteiger partial charge in [-0.2, -0.15) is 5.26 Å². The number of hydrogen-bond donors (Lipinski definition) is 0. The molecule has 2 aromatic rings. The third-order valence-electron chi connectivity index (χ3n) is 3.46. The molecule has 1 aliphatic heterocycles. The normalized spacial score (nSPS) is 15.4. The van der Waals surface area contributed by atoms with Crippen LogP contribution in [0.25, 0.3) is 6.08 Å². The molecule has 25 heavy (non-hydrogen) atoms. The number of aliphatic imine (C=N–C) groups is 1. The molecule has 0 saturated carbocycles. The molecule has 0 saturated heterocycles. The maximum Gasteiger partial charge on any atom is 0.283 e. The Morgan fingerprint density at radius 2 is 1.88 bits per heavy atom. The Morgan fingerprint density at radius 3 is 2.56 bits per heavy atom. The van der Waals surface area contributed by atoms with E-state index in [1.54, 1.807) is 18.2 Å². The molecule has 0 aromatic heterocycles. The number of amides is 1. The molecule has 0 unspecified atom stereocenters. The van der Waals surface area contributed by atoms with Crippen molar-refractivity contribution in [3.63, 3.8) is 0 Å². The van der Waals surface area contributed by atoms with Crippen molar-refractivity contribution in [2.24, 2.45) is 4.99 Å². The van der Waals surface area contributed by atoms with Gasteiger partial charge in [-0.15, -0.1) is 0 Å². The van der Waals surface area contributed by atoms with Gasteiger partial charge in [-0.1, -0.05) is 42.1 Å². The summed E-state index contributed by atoms with van der Waals surface area (Å²) in [6.45, 7) is 0. The van der Waals surface area contributed by atoms with Crippen molar-refractivity contribution in [3.8, 4) is 6.07 Å². The van der Waals surface area contributed by atoms with E-state index < -0.39 is 0 Å². The summed E-state index contributed by atoms with van der Waals surface area (Å²) < 4.78 is 13.2. The van der Waals surface area contributed by atoms with Crippen LogP contribution in [-0.2, 0) is 4.79 Å². The molecule has 2 aromatic carbocycles. The first-order valence-corrected chi connectivity index (χ1v) is 8.63. The second kappa shape index (κ2) is 7.77. The van der Waals surface area contributed by atoms with Crippen LogP contribution in [-0.4, -0.2) is 16.8 Å². The molecule has 0 fully saturated rings. The van der Waals surface area contributed by atoms with E-state index in [0.717, 1.165) is 5.56 Å². The fourth-order valence-electron chi connectivity index (χ4n) is 2.31. The maximum atomic E-state index is 13.2. The highest BCUT2D eigenvalue weighted by atomic mass is 32.2. The number of carbonyl (C=O) groups excluding carboxylic acids is 1.